The maximum atomic E-state index is 13.5. The van der Waals surface area contributed by atoms with E-state index in [2.05, 4.69) is 0 Å². The SMILES string of the molecule is Cc1ccc(-c2c(C(OC(C)(C)C)C(=O)O)c(C)nc3c2ccn3Cc2ccc(F)cc2Cl)cc1. The molecule has 0 bridgehead atoms. The molecule has 0 amide bonds. The summed E-state index contributed by atoms with van der Waals surface area (Å²) in [6.07, 6.45) is 0.691. The van der Waals surface area contributed by atoms with Gasteiger partial charge in [-0.15, -0.1) is 0 Å². The zero-order valence-corrected chi connectivity index (χ0v) is 21.2. The Morgan fingerprint density at radius 2 is 1.83 bits per heavy atom. The van der Waals surface area contributed by atoms with Crippen molar-refractivity contribution in [3.8, 4) is 11.1 Å². The Kier molecular flexibility index (Phi) is 6.71. The number of pyridine rings is 1. The molecule has 35 heavy (non-hydrogen) atoms. The van der Waals surface area contributed by atoms with Crippen molar-refractivity contribution < 1.29 is 19.0 Å². The Morgan fingerprint density at radius 3 is 2.43 bits per heavy atom. The van der Waals surface area contributed by atoms with Crippen LogP contribution in [0.3, 0.4) is 0 Å². The summed E-state index contributed by atoms with van der Waals surface area (Å²) >= 11 is 6.28. The molecule has 2 aromatic heterocycles. The van der Waals surface area contributed by atoms with Gasteiger partial charge in [0.1, 0.15) is 11.5 Å². The molecule has 2 heterocycles. The zero-order valence-electron chi connectivity index (χ0n) is 20.4. The van der Waals surface area contributed by atoms with Crippen molar-refractivity contribution in [2.75, 3.05) is 0 Å². The second-order valence-corrected chi connectivity index (χ2v) is 10.1. The highest BCUT2D eigenvalue weighted by molar-refractivity contribution is 6.31. The molecule has 0 aliphatic rings. The van der Waals surface area contributed by atoms with Crippen molar-refractivity contribution in [3.63, 3.8) is 0 Å². The molecule has 0 radical (unpaired) electrons. The number of carboxylic acid groups (broad SMARTS) is 1. The quantitative estimate of drug-likeness (QED) is 0.310. The fourth-order valence-corrected chi connectivity index (χ4v) is 4.46. The summed E-state index contributed by atoms with van der Waals surface area (Å²) in [5.74, 6) is -1.47. The molecule has 0 spiro atoms. The number of nitrogens with zero attached hydrogens (tertiary/aromatic N) is 2. The highest BCUT2D eigenvalue weighted by Crippen LogP contribution is 2.40. The lowest BCUT2D eigenvalue weighted by molar-refractivity contribution is -0.160. The van der Waals surface area contributed by atoms with E-state index in [4.69, 9.17) is 21.3 Å². The van der Waals surface area contributed by atoms with Gasteiger partial charge in [-0.3, -0.25) is 0 Å². The molecule has 182 valence electrons. The second kappa shape index (κ2) is 9.44. The van der Waals surface area contributed by atoms with Crippen LogP contribution in [0.25, 0.3) is 22.2 Å². The van der Waals surface area contributed by atoms with E-state index in [1.165, 1.54) is 12.1 Å². The van der Waals surface area contributed by atoms with Gasteiger partial charge in [-0.2, -0.15) is 0 Å². The molecule has 0 aliphatic heterocycles. The van der Waals surface area contributed by atoms with Gasteiger partial charge in [0, 0.05) is 33.4 Å². The van der Waals surface area contributed by atoms with Gasteiger partial charge in [0.15, 0.2) is 6.10 Å². The van der Waals surface area contributed by atoms with Crippen molar-refractivity contribution in [1.29, 1.82) is 0 Å². The molecule has 0 aliphatic carbocycles. The Hall–Kier alpha value is -3.22. The monoisotopic (exact) mass is 494 g/mol. The molecular formula is C28H28ClFN2O3. The van der Waals surface area contributed by atoms with Gasteiger partial charge in [0.2, 0.25) is 0 Å². The van der Waals surface area contributed by atoms with Gasteiger partial charge in [0.05, 0.1) is 12.1 Å². The van der Waals surface area contributed by atoms with Gasteiger partial charge >= 0.3 is 5.97 Å². The molecule has 1 unspecified atom stereocenters. The van der Waals surface area contributed by atoms with E-state index in [9.17, 15) is 14.3 Å². The molecule has 0 fully saturated rings. The standard InChI is InChI=1S/C28H28ClFN2O3/c1-16-6-8-18(9-7-16)24-21-12-13-32(15-19-10-11-20(30)14-22(19)29)26(21)31-17(2)23(24)25(27(33)34)35-28(3,4)5/h6-14,25H,15H2,1-5H3,(H,33,34). The normalized spacial score (nSPS) is 12.8. The molecule has 1 N–H and O–H groups in total. The number of benzene rings is 2. The first-order valence-corrected chi connectivity index (χ1v) is 11.7. The fourth-order valence-electron chi connectivity index (χ4n) is 4.23. The number of aliphatic carboxylic acids is 1. The van der Waals surface area contributed by atoms with E-state index in [0.29, 0.717) is 28.5 Å². The lowest BCUT2D eigenvalue weighted by atomic mass is 9.92. The molecular weight excluding hydrogens is 467 g/mol. The number of ether oxygens (including phenoxy) is 1. The number of carboxylic acids is 1. The number of carbonyl (C=O) groups is 1. The summed E-state index contributed by atoms with van der Waals surface area (Å²) in [6, 6.07) is 14.2. The molecule has 7 heteroatoms. The highest BCUT2D eigenvalue weighted by atomic mass is 35.5. The minimum absolute atomic E-state index is 0.337. The van der Waals surface area contributed by atoms with Crippen LogP contribution in [0.2, 0.25) is 5.02 Å². The maximum absolute atomic E-state index is 13.5. The third kappa shape index (κ3) is 5.24. The molecule has 4 rings (SSSR count). The summed E-state index contributed by atoms with van der Waals surface area (Å²) in [6.45, 7) is 9.69. The van der Waals surface area contributed by atoms with Gasteiger partial charge in [-0.1, -0.05) is 47.5 Å². The number of halogens is 2. The minimum atomic E-state index is -1.20. The number of hydrogen-bond acceptors (Lipinski definition) is 3. The third-order valence-electron chi connectivity index (χ3n) is 5.79. The zero-order chi connectivity index (χ0) is 25.5. The van der Waals surface area contributed by atoms with Crippen LogP contribution in [-0.4, -0.2) is 26.2 Å². The fraction of sp³-hybridized carbons (Fsp3) is 0.286. The second-order valence-electron chi connectivity index (χ2n) is 9.72. The van der Waals surface area contributed by atoms with E-state index >= 15 is 0 Å². The van der Waals surface area contributed by atoms with Crippen molar-refractivity contribution in [2.24, 2.45) is 0 Å². The van der Waals surface area contributed by atoms with Gasteiger partial charge in [-0.05, 0) is 63.9 Å². The van der Waals surface area contributed by atoms with E-state index < -0.39 is 23.5 Å². The van der Waals surface area contributed by atoms with Crippen molar-refractivity contribution >= 4 is 28.6 Å². The van der Waals surface area contributed by atoms with Crippen LogP contribution < -0.4 is 0 Å². The average Bonchev–Trinajstić information content (AvgIpc) is 3.15. The number of aryl methyl sites for hydroxylation is 2. The summed E-state index contributed by atoms with van der Waals surface area (Å²) in [5, 5.41) is 11.3. The van der Waals surface area contributed by atoms with Crippen LogP contribution in [0.5, 0.6) is 0 Å². The first kappa shape index (κ1) is 24.9. The van der Waals surface area contributed by atoms with Gasteiger partial charge in [-0.25, -0.2) is 14.2 Å². The Morgan fingerprint density at radius 1 is 1.14 bits per heavy atom. The first-order chi connectivity index (χ1) is 16.4. The molecule has 4 aromatic rings. The lowest BCUT2D eigenvalue weighted by Crippen LogP contribution is -2.28. The summed E-state index contributed by atoms with van der Waals surface area (Å²) in [5.41, 5.74) is 4.60. The molecule has 0 saturated carbocycles. The summed E-state index contributed by atoms with van der Waals surface area (Å²) in [4.78, 5) is 17.2. The van der Waals surface area contributed by atoms with Crippen molar-refractivity contribution in [3.05, 3.63) is 88.0 Å². The molecule has 5 nitrogen and oxygen atoms in total. The molecule has 0 saturated heterocycles. The highest BCUT2D eigenvalue weighted by Gasteiger charge is 2.32. The number of hydrogen-bond donors (Lipinski definition) is 1. The van der Waals surface area contributed by atoms with Gasteiger partial charge in [0.25, 0.3) is 0 Å². The van der Waals surface area contributed by atoms with Crippen molar-refractivity contribution in [2.45, 2.75) is 52.9 Å². The van der Waals surface area contributed by atoms with E-state index in [1.807, 2.05) is 68.8 Å². The maximum Gasteiger partial charge on any atom is 0.337 e. The first-order valence-electron chi connectivity index (χ1n) is 11.4. The molecule has 1 atom stereocenters. The Balaban J connectivity index is 1.96. The smallest absolute Gasteiger partial charge is 0.337 e. The summed E-state index contributed by atoms with van der Waals surface area (Å²) < 4.78 is 21.5. The lowest BCUT2D eigenvalue weighted by Gasteiger charge is -2.28. The van der Waals surface area contributed by atoms with Crippen LogP contribution in [0, 0.1) is 19.7 Å². The number of fused-ring (bicyclic) bond motifs is 1. The van der Waals surface area contributed by atoms with Crippen LogP contribution in [-0.2, 0) is 16.1 Å². The van der Waals surface area contributed by atoms with Gasteiger partial charge < -0.3 is 14.4 Å². The van der Waals surface area contributed by atoms with E-state index in [0.717, 1.165) is 27.6 Å². The third-order valence-corrected chi connectivity index (χ3v) is 6.14. The largest absolute Gasteiger partial charge is 0.479 e. The Labute approximate surface area is 209 Å². The predicted octanol–water partition coefficient (Wildman–Crippen LogP) is 7.10. The molecule has 2 aromatic carbocycles. The van der Waals surface area contributed by atoms with E-state index in [1.54, 1.807) is 13.0 Å². The van der Waals surface area contributed by atoms with Crippen LogP contribution in [0.1, 0.15) is 49.3 Å². The van der Waals surface area contributed by atoms with Crippen LogP contribution in [0.15, 0.2) is 54.7 Å². The summed E-state index contributed by atoms with van der Waals surface area (Å²) in [7, 11) is 0. The Bertz CT molecular complexity index is 1400. The van der Waals surface area contributed by atoms with Crippen molar-refractivity contribution in [1.82, 2.24) is 9.55 Å². The number of aromatic nitrogens is 2. The van der Waals surface area contributed by atoms with Crippen LogP contribution in [0.4, 0.5) is 4.39 Å². The van der Waals surface area contributed by atoms with Crippen LogP contribution >= 0.6 is 11.6 Å². The number of rotatable bonds is 6. The topological polar surface area (TPSA) is 64.3 Å². The predicted molar refractivity (Wildman–Crippen MR) is 136 cm³/mol. The van der Waals surface area contributed by atoms with E-state index in [-0.39, 0.29) is 0 Å². The average molecular weight is 495 g/mol. The minimum Gasteiger partial charge on any atom is -0.479 e.